The van der Waals surface area contributed by atoms with Gasteiger partial charge in [0.1, 0.15) is 11.3 Å². The molecule has 1 amide bonds. The van der Waals surface area contributed by atoms with Crippen LogP contribution >= 0.6 is 15.9 Å². The summed E-state index contributed by atoms with van der Waals surface area (Å²) < 4.78 is 2.89. The van der Waals surface area contributed by atoms with Gasteiger partial charge < -0.3 is 10.6 Å². The van der Waals surface area contributed by atoms with Crippen molar-refractivity contribution in [1.29, 1.82) is 0 Å². The molecule has 0 fully saturated rings. The molecule has 0 saturated heterocycles. The fourth-order valence-corrected chi connectivity index (χ4v) is 2.84. The van der Waals surface area contributed by atoms with Crippen LogP contribution in [0.2, 0.25) is 0 Å². The van der Waals surface area contributed by atoms with Crippen molar-refractivity contribution in [2.24, 2.45) is 0 Å². The lowest BCUT2D eigenvalue weighted by molar-refractivity contribution is 0.0948. The van der Waals surface area contributed by atoms with Gasteiger partial charge in [-0.05, 0) is 49.7 Å². The summed E-state index contributed by atoms with van der Waals surface area (Å²) in [5, 5.41) is 6.22. The minimum Gasteiger partial charge on any atom is -0.383 e. The number of carbonyl (C=O) groups excluding carboxylic acids is 1. The highest BCUT2D eigenvalue weighted by molar-refractivity contribution is 9.10. The van der Waals surface area contributed by atoms with Gasteiger partial charge in [0.2, 0.25) is 0 Å². The average molecular weight is 387 g/mol. The zero-order valence-corrected chi connectivity index (χ0v) is 15.2. The lowest BCUT2D eigenvalue weighted by Crippen LogP contribution is -2.30. The van der Waals surface area contributed by atoms with Crippen LogP contribution in [0.3, 0.4) is 0 Å². The van der Waals surface area contributed by atoms with Crippen LogP contribution in [0.15, 0.2) is 47.1 Å². The number of pyridine rings is 1. The Labute approximate surface area is 149 Å². The number of rotatable bonds is 5. The quantitative estimate of drug-likeness (QED) is 0.659. The zero-order chi connectivity index (χ0) is 17.1. The normalized spacial score (nSPS) is 10.8. The second-order valence-electron chi connectivity index (χ2n) is 5.67. The minimum absolute atomic E-state index is 0.108. The van der Waals surface area contributed by atoms with Crippen LogP contribution in [0, 0.1) is 13.8 Å². The summed E-state index contributed by atoms with van der Waals surface area (Å²) in [4.78, 5) is 16.9. The van der Waals surface area contributed by atoms with Gasteiger partial charge in [0.05, 0.1) is 5.69 Å². The van der Waals surface area contributed by atoms with E-state index in [2.05, 4.69) is 31.5 Å². The lowest BCUT2D eigenvalue weighted by atomic mass is 10.3. The van der Waals surface area contributed by atoms with Crippen LogP contribution < -0.4 is 10.6 Å². The van der Waals surface area contributed by atoms with Gasteiger partial charge in [-0.1, -0.05) is 22.0 Å². The summed E-state index contributed by atoms with van der Waals surface area (Å²) in [7, 11) is 0. The summed E-state index contributed by atoms with van der Waals surface area (Å²) >= 11 is 3.41. The first-order chi connectivity index (χ1) is 11.5. The van der Waals surface area contributed by atoms with E-state index in [1.807, 2.05) is 60.8 Å². The van der Waals surface area contributed by atoms with Crippen molar-refractivity contribution < 1.29 is 4.79 Å². The molecule has 3 rings (SSSR count). The number of nitrogens with zero attached hydrogens (tertiary/aromatic N) is 2. The number of amides is 1. The highest BCUT2D eigenvalue weighted by Crippen LogP contribution is 2.14. The summed E-state index contributed by atoms with van der Waals surface area (Å²) in [6, 6.07) is 11.8. The number of aryl methyl sites for hydroxylation is 2. The molecule has 24 heavy (non-hydrogen) atoms. The van der Waals surface area contributed by atoms with Crippen molar-refractivity contribution in [3.63, 3.8) is 0 Å². The Morgan fingerprint density at radius 1 is 1.12 bits per heavy atom. The Bertz CT molecular complexity index is 871. The summed E-state index contributed by atoms with van der Waals surface area (Å²) in [5.41, 5.74) is 4.23. The van der Waals surface area contributed by atoms with Crippen LogP contribution in [0.5, 0.6) is 0 Å². The number of hydrogen-bond donors (Lipinski definition) is 2. The van der Waals surface area contributed by atoms with Gasteiger partial charge >= 0.3 is 0 Å². The summed E-state index contributed by atoms with van der Waals surface area (Å²) in [6.45, 7) is 5.05. The number of imidazole rings is 1. The van der Waals surface area contributed by atoms with E-state index in [4.69, 9.17) is 0 Å². The van der Waals surface area contributed by atoms with Crippen LogP contribution in [-0.2, 0) is 0 Å². The zero-order valence-electron chi connectivity index (χ0n) is 13.6. The molecule has 3 aromatic rings. The van der Waals surface area contributed by atoms with E-state index in [-0.39, 0.29) is 5.91 Å². The molecule has 2 heterocycles. The molecule has 0 aliphatic rings. The largest absolute Gasteiger partial charge is 0.383 e. The van der Waals surface area contributed by atoms with E-state index in [9.17, 15) is 4.79 Å². The standard InChI is InChI=1S/C18H19BrN4O/c1-12-3-8-16-22-13(2)17(23(16)11-12)18(24)21-10-9-20-15-6-4-14(19)5-7-15/h3-8,11,20H,9-10H2,1-2H3,(H,21,24). The molecular formula is C18H19BrN4O. The number of benzene rings is 1. The maximum Gasteiger partial charge on any atom is 0.270 e. The average Bonchev–Trinajstić information content (AvgIpc) is 2.88. The highest BCUT2D eigenvalue weighted by Gasteiger charge is 2.15. The van der Waals surface area contributed by atoms with Crippen molar-refractivity contribution in [1.82, 2.24) is 14.7 Å². The first-order valence-electron chi connectivity index (χ1n) is 7.77. The Balaban J connectivity index is 1.62. The predicted octanol–water partition coefficient (Wildman–Crippen LogP) is 3.56. The molecule has 0 saturated carbocycles. The molecular weight excluding hydrogens is 368 g/mol. The fraction of sp³-hybridized carbons (Fsp3) is 0.222. The third-order valence-electron chi connectivity index (χ3n) is 3.74. The third-order valence-corrected chi connectivity index (χ3v) is 4.27. The molecule has 0 bridgehead atoms. The van der Waals surface area contributed by atoms with E-state index >= 15 is 0 Å². The second-order valence-corrected chi connectivity index (χ2v) is 6.59. The van der Waals surface area contributed by atoms with Crippen molar-refractivity contribution >= 4 is 33.2 Å². The molecule has 0 radical (unpaired) electrons. The first kappa shape index (κ1) is 16.5. The fourth-order valence-electron chi connectivity index (χ4n) is 2.58. The molecule has 0 unspecified atom stereocenters. The number of carbonyl (C=O) groups is 1. The first-order valence-corrected chi connectivity index (χ1v) is 8.57. The summed E-state index contributed by atoms with van der Waals surface area (Å²) in [5.74, 6) is -0.108. The maximum absolute atomic E-state index is 12.5. The predicted molar refractivity (Wildman–Crippen MR) is 99.6 cm³/mol. The van der Waals surface area contributed by atoms with Gasteiger partial charge in [-0.25, -0.2) is 4.98 Å². The Morgan fingerprint density at radius 3 is 2.62 bits per heavy atom. The Morgan fingerprint density at radius 2 is 1.88 bits per heavy atom. The number of anilines is 1. The van der Waals surface area contributed by atoms with Crippen molar-refractivity contribution in [2.45, 2.75) is 13.8 Å². The van der Waals surface area contributed by atoms with E-state index in [0.29, 0.717) is 18.8 Å². The van der Waals surface area contributed by atoms with Gasteiger partial charge in [-0.2, -0.15) is 0 Å². The molecule has 0 atom stereocenters. The van der Waals surface area contributed by atoms with Crippen molar-refractivity contribution in [2.75, 3.05) is 18.4 Å². The highest BCUT2D eigenvalue weighted by atomic mass is 79.9. The molecule has 1 aromatic carbocycles. The molecule has 0 aliphatic heterocycles. The maximum atomic E-state index is 12.5. The van der Waals surface area contributed by atoms with Crippen LogP contribution in [0.1, 0.15) is 21.7 Å². The van der Waals surface area contributed by atoms with Crippen molar-refractivity contribution in [3.8, 4) is 0 Å². The summed E-state index contributed by atoms with van der Waals surface area (Å²) in [6.07, 6.45) is 1.93. The van der Waals surface area contributed by atoms with Gasteiger partial charge in [-0.3, -0.25) is 9.20 Å². The SMILES string of the molecule is Cc1ccc2nc(C)c(C(=O)NCCNc3ccc(Br)cc3)n2c1. The van der Waals surface area contributed by atoms with Crippen LogP contribution in [0.25, 0.3) is 5.65 Å². The van der Waals surface area contributed by atoms with Gasteiger partial charge in [0.25, 0.3) is 5.91 Å². The van der Waals surface area contributed by atoms with Gasteiger partial charge in [0.15, 0.2) is 0 Å². The number of nitrogens with one attached hydrogen (secondary N) is 2. The van der Waals surface area contributed by atoms with E-state index in [1.165, 1.54) is 0 Å². The van der Waals surface area contributed by atoms with E-state index in [1.54, 1.807) is 0 Å². The van der Waals surface area contributed by atoms with Crippen LogP contribution in [0.4, 0.5) is 5.69 Å². The van der Waals surface area contributed by atoms with Crippen LogP contribution in [-0.4, -0.2) is 28.4 Å². The lowest BCUT2D eigenvalue weighted by Gasteiger charge is -2.09. The van der Waals surface area contributed by atoms with E-state index < -0.39 is 0 Å². The molecule has 5 nitrogen and oxygen atoms in total. The number of halogens is 1. The molecule has 0 aliphatic carbocycles. The smallest absolute Gasteiger partial charge is 0.270 e. The molecule has 2 N–H and O–H groups in total. The number of hydrogen-bond acceptors (Lipinski definition) is 3. The number of aromatic nitrogens is 2. The van der Waals surface area contributed by atoms with Gasteiger partial charge in [0, 0.05) is 29.4 Å². The monoisotopic (exact) mass is 386 g/mol. The van der Waals surface area contributed by atoms with Crippen molar-refractivity contribution in [3.05, 3.63) is 64.0 Å². The van der Waals surface area contributed by atoms with E-state index in [0.717, 1.165) is 27.1 Å². The molecule has 124 valence electrons. The second kappa shape index (κ2) is 7.05. The molecule has 6 heteroatoms. The number of fused-ring (bicyclic) bond motifs is 1. The Kier molecular flexibility index (Phi) is 4.85. The Hall–Kier alpha value is -2.34. The molecule has 2 aromatic heterocycles. The van der Waals surface area contributed by atoms with Gasteiger partial charge in [-0.15, -0.1) is 0 Å². The topological polar surface area (TPSA) is 58.4 Å². The minimum atomic E-state index is -0.108. The third kappa shape index (κ3) is 3.59. The molecule has 0 spiro atoms.